The van der Waals surface area contributed by atoms with Crippen LogP contribution < -0.4 is 4.74 Å². The molecule has 0 spiro atoms. The number of hydrogen-bond acceptors (Lipinski definition) is 1. The molecule has 0 atom stereocenters. The molecular formula is C36H40F2O. The second-order valence-electron chi connectivity index (χ2n) is 10.3. The monoisotopic (exact) mass is 526 g/mol. The van der Waals surface area contributed by atoms with Gasteiger partial charge in [-0.3, -0.25) is 0 Å². The Labute approximate surface area is 232 Å². The number of aryl methyl sites for hydroxylation is 1. The SMILES string of the molecule is CCCCCCCOc1ccc(-c2ccc(-c3ccc(-c4ccc(CCCCC)cc4)cc3)cc2)c(F)c1F. The molecular weight excluding hydrogens is 486 g/mol. The predicted octanol–water partition coefficient (Wildman–Crippen LogP) is 11.0. The fraction of sp³-hybridized carbons (Fsp3) is 0.333. The third-order valence-corrected chi connectivity index (χ3v) is 7.32. The van der Waals surface area contributed by atoms with Crippen molar-refractivity contribution in [3.8, 4) is 39.1 Å². The molecule has 39 heavy (non-hydrogen) atoms. The molecule has 1 nitrogen and oxygen atoms in total. The highest BCUT2D eigenvalue weighted by atomic mass is 19.2. The van der Waals surface area contributed by atoms with Gasteiger partial charge in [-0.2, -0.15) is 4.39 Å². The molecule has 0 unspecified atom stereocenters. The summed E-state index contributed by atoms with van der Waals surface area (Å²) in [7, 11) is 0. The highest BCUT2D eigenvalue weighted by Crippen LogP contribution is 2.32. The van der Waals surface area contributed by atoms with Crippen molar-refractivity contribution in [3.63, 3.8) is 0 Å². The van der Waals surface area contributed by atoms with Crippen LogP contribution in [0.3, 0.4) is 0 Å². The van der Waals surface area contributed by atoms with Gasteiger partial charge in [0.1, 0.15) is 0 Å². The van der Waals surface area contributed by atoms with E-state index in [-0.39, 0.29) is 11.3 Å². The van der Waals surface area contributed by atoms with Crippen molar-refractivity contribution in [1.29, 1.82) is 0 Å². The number of benzene rings is 4. The van der Waals surface area contributed by atoms with Gasteiger partial charge in [0.05, 0.1) is 6.61 Å². The van der Waals surface area contributed by atoms with Crippen LogP contribution in [0.5, 0.6) is 5.75 Å². The fourth-order valence-electron chi connectivity index (χ4n) is 4.89. The van der Waals surface area contributed by atoms with Crippen molar-refractivity contribution in [2.24, 2.45) is 0 Å². The van der Waals surface area contributed by atoms with Crippen molar-refractivity contribution < 1.29 is 13.5 Å². The molecule has 0 aromatic heterocycles. The van der Waals surface area contributed by atoms with Crippen LogP contribution in [0.2, 0.25) is 0 Å². The number of ether oxygens (including phenoxy) is 1. The molecule has 204 valence electrons. The minimum Gasteiger partial charge on any atom is -0.490 e. The third kappa shape index (κ3) is 7.79. The summed E-state index contributed by atoms with van der Waals surface area (Å²) < 4.78 is 35.1. The maximum Gasteiger partial charge on any atom is 0.201 e. The van der Waals surface area contributed by atoms with Crippen LogP contribution in [0.15, 0.2) is 84.9 Å². The summed E-state index contributed by atoms with van der Waals surface area (Å²) in [5, 5.41) is 0. The van der Waals surface area contributed by atoms with Crippen LogP contribution >= 0.6 is 0 Å². The molecule has 0 saturated carbocycles. The predicted molar refractivity (Wildman–Crippen MR) is 160 cm³/mol. The smallest absolute Gasteiger partial charge is 0.201 e. The Morgan fingerprint density at radius 2 is 0.974 bits per heavy atom. The van der Waals surface area contributed by atoms with Gasteiger partial charge < -0.3 is 4.74 Å². The first-order chi connectivity index (χ1) is 19.1. The molecule has 4 aromatic rings. The molecule has 0 fully saturated rings. The average molecular weight is 527 g/mol. The van der Waals surface area contributed by atoms with E-state index in [1.54, 1.807) is 6.07 Å². The molecule has 0 heterocycles. The summed E-state index contributed by atoms with van der Waals surface area (Å²) in [5.41, 5.74) is 6.75. The summed E-state index contributed by atoms with van der Waals surface area (Å²) in [6.45, 7) is 4.79. The van der Waals surface area contributed by atoms with Crippen molar-refractivity contribution in [2.45, 2.75) is 71.6 Å². The number of halogens is 2. The van der Waals surface area contributed by atoms with E-state index in [9.17, 15) is 8.78 Å². The molecule has 0 saturated heterocycles. The van der Waals surface area contributed by atoms with Gasteiger partial charge in [0, 0.05) is 5.56 Å². The van der Waals surface area contributed by atoms with Gasteiger partial charge in [0.2, 0.25) is 5.82 Å². The van der Waals surface area contributed by atoms with E-state index in [1.165, 1.54) is 54.9 Å². The second kappa shape index (κ2) is 14.6. The zero-order valence-electron chi connectivity index (χ0n) is 23.3. The maximum atomic E-state index is 14.9. The summed E-state index contributed by atoms with van der Waals surface area (Å²) in [6, 6.07) is 28.0. The lowest BCUT2D eigenvalue weighted by molar-refractivity contribution is 0.285. The Bertz CT molecular complexity index is 1290. The van der Waals surface area contributed by atoms with Gasteiger partial charge in [-0.05, 0) is 64.8 Å². The Morgan fingerprint density at radius 1 is 0.487 bits per heavy atom. The summed E-state index contributed by atoms with van der Waals surface area (Å²) in [6.07, 6.45) is 10.3. The van der Waals surface area contributed by atoms with Crippen LogP contribution in [0.25, 0.3) is 33.4 Å². The van der Waals surface area contributed by atoms with E-state index in [0.717, 1.165) is 36.8 Å². The van der Waals surface area contributed by atoms with E-state index in [2.05, 4.69) is 62.4 Å². The first kappa shape index (κ1) is 28.5. The first-order valence-corrected chi connectivity index (χ1v) is 14.5. The molecule has 4 rings (SSSR count). The van der Waals surface area contributed by atoms with Crippen molar-refractivity contribution in [1.82, 2.24) is 0 Å². The van der Waals surface area contributed by atoms with Gasteiger partial charge in [-0.15, -0.1) is 0 Å². The summed E-state index contributed by atoms with van der Waals surface area (Å²) in [5.74, 6) is -1.81. The zero-order valence-corrected chi connectivity index (χ0v) is 23.3. The molecule has 0 aliphatic carbocycles. The fourth-order valence-corrected chi connectivity index (χ4v) is 4.89. The molecule has 3 heteroatoms. The molecule has 0 aliphatic rings. The normalized spacial score (nSPS) is 11.1. The van der Waals surface area contributed by atoms with E-state index in [1.807, 2.05) is 24.3 Å². The van der Waals surface area contributed by atoms with Crippen molar-refractivity contribution in [3.05, 3.63) is 102 Å². The maximum absolute atomic E-state index is 14.9. The molecule has 4 aromatic carbocycles. The highest BCUT2D eigenvalue weighted by Gasteiger charge is 2.16. The summed E-state index contributed by atoms with van der Waals surface area (Å²) in [4.78, 5) is 0. The Morgan fingerprint density at radius 3 is 1.54 bits per heavy atom. The highest BCUT2D eigenvalue weighted by molar-refractivity contribution is 5.73. The van der Waals surface area contributed by atoms with Gasteiger partial charge in [-0.1, -0.05) is 125 Å². The van der Waals surface area contributed by atoms with Crippen LogP contribution in [0.4, 0.5) is 8.78 Å². The molecule has 0 N–H and O–H groups in total. The minimum atomic E-state index is -0.922. The lowest BCUT2D eigenvalue weighted by atomic mass is 9.97. The van der Waals surface area contributed by atoms with E-state index in [4.69, 9.17) is 4.74 Å². The quantitative estimate of drug-likeness (QED) is 0.148. The summed E-state index contributed by atoms with van der Waals surface area (Å²) >= 11 is 0. The minimum absolute atomic E-state index is 0.0189. The molecule has 0 amide bonds. The topological polar surface area (TPSA) is 9.23 Å². The Balaban J connectivity index is 1.39. The first-order valence-electron chi connectivity index (χ1n) is 14.5. The molecule has 0 radical (unpaired) electrons. The van der Waals surface area contributed by atoms with E-state index >= 15 is 0 Å². The van der Waals surface area contributed by atoms with Crippen molar-refractivity contribution >= 4 is 0 Å². The van der Waals surface area contributed by atoms with E-state index < -0.39 is 11.6 Å². The lowest BCUT2D eigenvalue weighted by Gasteiger charge is -2.11. The van der Waals surface area contributed by atoms with E-state index in [0.29, 0.717) is 12.2 Å². The molecule has 0 aliphatic heterocycles. The Kier molecular flexibility index (Phi) is 10.7. The third-order valence-electron chi connectivity index (χ3n) is 7.32. The van der Waals surface area contributed by atoms with Gasteiger partial charge in [0.25, 0.3) is 0 Å². The standard InChI is InChI=1S/C36H40F2O/c1-3-5-7-8-10-26-39-34-25-24-33(35(37)36(34)38)32-22-20-31(21-23-32)30-18-16-29(17-19-30)28-14-12-27(13-15-28)11-9-6-4-2/h12-25H,3-11,26H2,1-2H3. The van der Waals surface area contributed by atoms with Gasteiger partial charge in [-0.25, -0.2) is 4.39 Å². The lowest BCUT2D eigenvalue weighted by Crippen LogP contribution is -2.01. The number of hydrogen-bond donors (Lipinski definition) is 0. The average Bonchev–Trinajstić information content (AvgIpc) is 2.98. The largest absolute Gasteiger partial charge is 0.490 e. The second-order valence-corrected chi connectivity index (χ2v) is 10.3. The number of unbranched alkanes of at least 4 members (excludes halogenated alkanes) is 6. The van der Waals surface area contributed by atoms with Crippen LogP contribution in [0.1, 0.15) is 70.8 Å². The van der Waals surface area contributed by atoms with Crippen molar-refractivity contribution in [2.75, 3.05) is 6.61 Å². The van der Waals surface area contributed by atoms with Crippen LogP contribution in [0, 0.1) is 11.6 Å². The Hall–Kier alpha value is -3.46. The number of rotatable bonds is 14. The molecule has 0 bridgehead atoms. The van der Waals surface area contributed by atoms with Gasteiger partial charge in [0.15, 0.2) is 11.6 Å². The van der Waals surface area contributed by atoms with Crippen LogP contribution in [-0.4, -0.2) is 6.61 Å². The van der Waals surface area contributed by atoms with Crippen LogP contribution in [-0.2, 0) is 6.42 Å². The zero-order chi connectivity index (χ0) is 27.5. The van der Waals surface area contributed by atoms with Gasteiger partial charge >= 0.3 is 0 Å².